The summed E-state index contributed by atoms with van der Waals surface area (Å²) in [5.74, 6) is 0. The van der Waals surface area contributed by atoms with Gasteiger partial charge in [-0.3, -0.25) is 0 Å². The maximum Gasteiger partial charge on any atom is 0.0930 e. The van der Waals surface area contributed by atoms with E-state index in [4.69, 9.17) is 23.2 Å². The highest BCUT2D eigenvalue weighted by molar-refractivity contribution is 6.42. The molecule has 0 fully saturated rings. The smallest absolute Gasteiger partial charge is 0.0930 e. The van der Waals surface area contributed by atoms with Crippen LogP contribution in [-0.2, 0) is 0 Å². The number of nitrogens with zero attached hydrogens (tertiary/aromatic N) is 1. The summed E-state index contributed by atoms with van der Waals surface area (Å²) in [5.41, 5.74) is 1.74. The van der Waals surface area contributed by atoms with Crippen molar-refractivity contribution >= 4 is 40.9 Å². The Kier molecular flexibility index (Phi) is 4.02. The van der Waals surface area contributed by atoms with Crippen molar-refractivity contribution in [2.45, 2.75) is 0 Å². The molecule has 0 aliphatic carbocycles. The van der Waals surface area contributed by atoms with Gasteiger partial charge in [0.2, 0.25) is 0 Å². The minimum atomic E-state index is 0.518. The van der Waals surface area contributed by atoms with Crippen molar-refractivity contribution in [1.82, 2.24) is 0 Å². The number of halogens is 2. The van der Waals surface area contributed by atoms with E-state index >= 15 is 0 Å². The number of para-hydroxylation sites is 1. The topological polar surface area (TPSA) is 24.4 Å². The van der Waals surface area contributed by atoms with Crippen LogP contribution in [0.25, 0.3) is 0 Å². The van der Waals surface area contributed by atoms with E-state index in [0.29, 0.717) is 10.0 Å². The Morgan fingerprint density at radius 3 is 2.41 bits per heavy atom. The average molecular weight is 265 g/mol. The fourth-order valence-corrected chi connectivity index (χ4v) is 1.58. The fourth-order valence-electron chi connectivity index (χ4n) is 1.28. The fraction of sp³-hybridized carbons (Fsp3) is 0. The summed E-state index contributed by atoms with van der Waals surface area (Å²) in [4.78, 5) is 4.24. The Bertz CT molecular complexity index is 524. The van der Waals surface area contributed by atoms with Crippen LogP contribution in [0.4, 0.5) is 11.4 Å². The minimum absolute atomic E-state index is 0.518. The zero-order valence-electron chi connectivity index (χ0n) is 8.90. The van der Waals surface area contributed by atoms with E-state index in [1.54, 1.807) is 18.5 Å². The highest BCUT2D eigenvalue weighted by Gasteiger charge is 1.97. The first-order valence-corrected chi connectivity index (χ1v) is 5.80. The van der Waals surface area contributed by atoms with Gasteiger partial charge in [0.15, 0.2) is 0 Å². The zero-order chi connectivity index (χ0) is 12.1. The maximum absolute atomic E-state index is 5.89. The molecule has 2 aromatic carbocycles. The first-order chi connectivity index (χ1) is 8.25. The van der Waals surface area contributed by atoms with E-state index in [-0.39, 0.29) is 0 Å². The normalized spacial score (nSPS) is 10.7. The van der Waals surface area contributed by atoms with Crippen LogP contribution >= 0.6 is 23.2 Å². The summed E-state index contributed by atoms with van der Waals surface area (Å²) in [5, 5.41) is 4.08. The Morgan fingerprint density at radius 1 is 0.941 bits per heavy atom. The lowest BCUT2D eigenvalue weighted by molar-refractivity contribution is 1.52. The summed E-state index contributed by atoms with van der Waals surface area (Å²) < 4.78 is 0. The van der Waals surface area contributed by atoms with Crippen LogP contribution < -0.4 is 5.32 Å². The van der Waals surface area contributed by atoms with Gasteiger partial charge in [-0.2, -0.15) is 0 Å². The molecule has 0 saturated heterocycles. The second-order valence-corrected chi connectivity index (χ2v) is 4.18. The lowest BCUT2D eigenvalue weighted by Crippen LogP contribution is -1.93. The number of anilines is 1. The third-order valence-electron chi connectivity index (χ3n) is 2.12. The summed E-state index contributed by atoms with van der Waals surface area (Å²) in [7, 11) is 0. The van der Waals surface area contributed by atoms with E-state index in [1.165, 1.54) is 0 Å². The predicted molar refractivity (Wildman–Crippen MR) is 74.7 cm³/mol. The van der Waals surface area contributed by atoms with Crippen molar-refractivity contribution in [2.75, 3.05) is 5.32 Å². The lowest BCUT2D eigenvalue weighted by Gasteiger charge is -2.01. The average Bonchev–Trinajstić information content (AvgIpc) is 2.35. The van der Waals surface area contributed by atoms with Crippen LogP contribution in [0, 0.1) is 0 Å². The minimum Gasteiger partial charge on any atom is -0.346 e. The van der Waals surface area contributed by atoms with Crippen LogP contribution in [0.2, 0.25) is 10.0 Å². The number of aliphatic imine (C=N–C) groups is 1. The second-order valence-electron chi connectivity index (χ2n) is 3.37. The van der Waals surface area contributed by atoms with Crippen molar-refractivity contribution in [2.24, 2.45) is 4.99 Å². The van der Waals surface area contributed by atoms with Crippen LogP contribution in [0.5, 0.6) is 0 Å². The van der Waals surface area contributed by atoms with E-state index in [2.05, 4.69) is 10.3 Å². The summed E-state index contributed by atoms with van der Waals surface area (Å²) in [6.07, 6.45) is 1.62. The Hall–Kier alpha value is -1.51. The zero-order valence-corrected chi connectivity index (χ0v) is 10.4. The SMILES string of the molecule is Clc1ccc(NC=Nc2ccccc2)cc1Cl. The van der Waals surface area contributed by atoms with Crippen LogP contribution in [-0.4, -0.2) is 6.34 Å². The molecule has 17 heavy (non-hydrogen) atoms. The number of nitrogens with one attached hydrogen (secondary N) is 1. The highest BCUT2D eigenvalue weighted by atomic mass is 35.5. The van der Waals surface area contributed by atoms with Gasteiger partial charge in [-0.15, -0.1) is 0 Å². The van der Waals surface area contributed by atoms with Gasteiger partial charge in [0, 0.05) is 5.69 Å². The molecule has 2 aromatic rings. The van der Waals surface area contributed by atoms with Gasteiger partial charge in [-0.25, -0.2) is 4.99 Å². The molecule has 0 aliphatic rings. The maximum atomic E-state index is 5.89. The third kappa shape index (κ3) is 3.48. The van der Waals surface area contributed by atoms with Gasteiger partial charge in [0.05, 0.1) is 22.1 Å². The molecule has 2 nitrogen and oxygen atoms in total. The molecule has 0 aliphatic heterocycles. The third-order valence-corrected chi connectivity index (χ3v) is 2.86. The van der Waals surface area contributed by atoms with E-state index < -0.39 is 0 Å². The standard InChI is InChI=1S/C13H10Cl2N2/c14-12-7-6-11(8-13(12)15)17-9-16-10-4-2-1-3-5-10/h1-9H,(H,16,17). The van der Waals surface area contributed by atoms with Gasteiger partial charge in [0.25, 0.3) is 0 Å². The molecular weight excluding hydrogens is 255 g/mol. The van der Waals surface area contributed by atoms with Crippen LogP contribution in [0.3, 0.4) is 0 Å². The second kappa shape index (κ2) is 5.71. The van der Waals surface area contributed by atoms with Gasteiger partial charge >= 0.3 is 0 Å². The number of hydrogen-bond acceptors (Lipinski definition) is 1. The molecule has 4 heteroatoms. The molecule has 0 spiro atoms. The molecule has 1 N–H and O–H groups in total. The summed E-state index contributed by atoms with van der Waals surface area (Å²) in [6.45, 7) is 0. The van der Waals surface area contributed by atoms with E-state index in [0.717, 1.165) is 11.4 Å². The van der Waals surface area contributed by atoms with Crippen molar-refractivity contribution in [3.63, 3.8) is 0 Å². The van der Waals surface area contributed by atoms with Crippen molar-refractivity contribution in [3.8, 4) is 0 Å². The quantitative estimate of drug-likeness (QED) is 0.627. The number of rotatable bonds is 3. The van der Waals surface area contributed by atoms with Gasteiger partial charge < -0.3 is 5.32 Å². The largest absolute Gasteiger partial charge is 0.346 e. The van der Waals surface area contributed by atoms with Gasteiger partial charge in [0.1, 0.15) is 0 Å². The molecule has 0 unspecified atom stereocenters. The van der Waals surface area contributed by atoms with Crippen molar-refractivity contribution < 1.29 is 0 Å². The molecule has 0 atom stereocenters. The molecule has 0 radical (unpaired) electrons. The monoisotopic (exact) mass is 264 g/mol. The highest BCUT2D eigenvalue weighted by Crippen LogP contribution is 2.24. The number of benzene rings is 2. The molecule has 0 heterocycles. The molecule has 0 saturated carbocycles. The van der Waals surface area contributed by atoms with E-state index in [9.17, 15) is 0 Å². The van der Waals surface area contributed by atoms with Crippen LogP contribution in [0.15, 0.2) is 53.5 Å². The van der Waals surface area contributed by atoms with Gasteiger partial charge in [-0.1, -0.05) is 41.4 Å². The predicted octanol–water partition coefficient (Wildman–Crippen LogP) is 4.77. The van der Waals surface area contributed by atoms with Crippen LogP contribution in [0.1, 0.15) is 0 Å². The lowest BCUT2D eigenvalue weighted by atomic mass is 10.3. The Morgan fingerprint density at radius 2 is 1.71 bits per heavy atom. The van der Waals surface area contributed by atoms with E-state index in [1.807, 2.05) is 36.4 Å². The number of hydrogen-bond donors (Lipinski definition) is 1. The first kappa shape index (κ1) is 12.0. The molecule has 0 bridgehead atoms. The Balaban J connectivity index is 2.03. The molecule has 0 aromatic heterocycles. The molecule has 86 valence electrons. The molecular formula is C13H10Cl2N2. The summed E-state index contributed by atoms with van der Waals surface area (Å²) >= 11 is 11.7. The first-order valence-electron chi connectivity index (χ1n) is 5.05. The van der Waals surface area contributed by atoms with Gasteiger partial charge in [-0.05, 0) is 30.3 Å². The van der Waals surface area contributed by atoms with Crippen molar-refractivity contribution in [3.05, 3.63) is 58.6 Å². The molecule has 0 amide bonds. The summed E-state index contributed by atoms with van der Waals surface area (Å²) in [6, 6.07) is 15.0. The Labute approximate surface area is 110 Å². The van der Waals surface area contributed by atoms with Crippen molar-refractivity contribution in [1.29, 1.82) is 0 Å². The molecule has 2 rings (SSSR count).